The number of hydrogen-bond donors (Lipinski definition) is 1. The van der Waals surface area contributed by atoms with Crippen molar-refractivity contribution in [2.24, 2.45) is 7.05 Å². The van der Waals surface area contributed by atoms with E-state index in [1.807, 2.05) is 42.5 Å². The maximum atomic E-state index is 12.6. The predicted octanol–water partition coefficient (Wildman–Crippen LogP) is 3.10. The fourth-order valence-corrected chi connectivity index (χ4v) is 3.24. The molecule has 3 aromatic rings. The molecule has 5 heteroatoms. The number of amides is 1. The van der Waals surface area contributed by atoms with Crippen LogP contribution in [0.1, 0.15) is 25.0 Å². The van der Waals surface area contributed by atoms with E-state index in [2.05, 4.69) is 19.2 Å². The van der Waals surface area contributed by atoms with Crippen LogP contribution < -0.4 is 11.0 Å². The molecule has 0 atom stereocenters. The second-order valence-corrected chi connectivity index (χ2v) is 6.12. The molecule has 0 aliphatic carbocycles. The summed E-state index contributed by atoms with van der Waals surface area (Å²) in [4.78, 5) is 25.1. The van der Waals surface area contributed by atoms with Gasteiger partial charge in [0, 0.05) is 12.7 Å². The highest BCUT2D eigenvalue weighted by Gasteiger charge is 2.15. The lowest BCUT2D eigenvalue weighted by Gasteiger charge is -2.14. The number of rotatable bonds is 5. The molecule has 1 N–H and O–H groups in total. The number of hydrogen-bond acceptors (Lipinski definition) is 2. The van der Waals surface area contributed by atoms with Gasteiger partial charge in [0.15, 0.2) is 0 Å². The molecule has 0 aliphatic rings. The average molecular weight is 337 g/mol. The number of fused-ring (bicyclic) bond motifs is 1. The zero-order chi connectivity index (χ0) is 18.0. The summed E-state index contributed by atoms with van der Waals surface area (Å²) in [6.07, 6.45) is 1.69. The molecule has 130 valence electrons. The highest BCUT2D eigenvalue weighted by Crippen LogP contribution is 2.22. The van der Waals surface area contributed by atoms with Crippen molar-refractivity contribution in [1.82, 2.24) is 9.13 Å². The number of para-hydroxylation sites is 3. The van der Waals surface area contributed by atoms with E-state index in [0.29, 0.717) is 0 Å². The largest absolute Gasteiger partial charge is 0.329 e. The zero-order valence-corrected chi connectivity index (χ0v) is 14.9. The third-order valence-electron chi connectivity index (χ3n) is 4.62. The van der Waals surface area contributed by atoms with Crippen molar-refractivity contribution in [3.05, 3.63) is 64.1 Å². The van der Waals surface area contributed by atoms with E-state index in [-0.39, 0.29) is 18.1 Å². The Labute approximate surface area is 146 Å². The first kappa shape index (κ1) is 17.0. The average Bonchev–Trinajstić information content (AvgIpc) is 2.87. The summed E-state index contributed by atoms with van der Waals surface area (Å²) in [7, 11) is 1.72. The van der Waals surface area contributed by atoms with Crippen molar-refractivity contribution in [2.75, 3.05) is 5.32 Å². The minimum atomic E-state index is -0.186. The molecule has 1 amide bonds. The molecule has 0 saturated carbocycles. The molecule has 5 nitrogen and oxygen atoms in total. The highest BCUT2D eigenvalue weighted by atomic mass is 16.2. The van der Waals surface area contributed by atoms with Gasteiger partial charge < -0.3 is 5.32 Å². The van der Waals surface area contributed by atoms with Crippen molar-refractivity contribution in [2.45, 2.75) is 33.2 Å². The van der Waals surface area contributed by atoms with Crippen molar-refractivity contribution >= 4 is 22.6 Å². The van der Waals surface area contributed by atoms with E-state index in [0.717, 1.165) is 40.7 Å². The second kappa shape index (κ2) is 6.97. The number of anilines is 1. The Balaban J connectivity index is 1.93. The number of nitrogens with zero attached hydrogens (tertiary/aromatic N) is 2. The minimum absolute atomic E-state index is 0.00138. The van der Waals surface area contributed by atoms with Crippen LogP contribution >= 0.6 is 0 Å². The summed E-state index contributed by atoms with van der Waals surface area (Å²) in [5.41, 5.74) is 4.51. The van der Waals surface area contributed by atoms with Crippen molar-refractivity contribution in [1.29, 1.82) is 0 Å². The van der Waals surface area contributed by atoms with Gasteiger partial charge in [-0.05, 0) is 36.1 Å². The van der Waals surface area contributed by atoms with E-state index in [9.17, 15) is 9.59 Å². The summed E-state index contributed by atoms with van der Waals surface area (Å²) in [5, 5.41) is 3.02. The van der Waals surface area contributed by atoms with Gasteiger partial charge in [0.25, 0.3) is 0 Å². The number of carbonyl (C=O) groups is 1. The smallest absolute Gasteiger partial charge is 0.324 e. The Bertz CT molecular complexity index is 960. The molecule has 3 rings (SSSR count). The van der Waals surface area contributed by atoms with Crippen molar-refractivity contribution < 1.29 is 4.79 Å². The summed E-state index contributed by atoms with van der Waals surface area (Å²) in [6.45, 7) is 4.14. The van der Waals surface area contributed by atoms with Crippen LogP contribution in [0, 0.1) is 0 Å². The third-order valence-corrected chi connectivity index (χ3v) is 4.62. The number of imidazole rings is 1. The van der Waals surface area contributed by atoms with Gasteiger partial charge in [-0.15, -0.1) is 0 Å². The van der Waals surface area contributed by atoms with Crippen LogP contribution in [0.3, 0.4) is 0 Å². The first-order chi connectivity index (χ1) is 12.1. The Hall–Kier alpha value is -2.82. The number of carbonyl (C=O) groups excluding carboxylic acids is 1. The molecule has 1 aromatic heterocycles. The summed E-state index contributed by atoms with van der Waals surface area (Å²) in [6, 6.07) is 13.6. The van der Waals surface area contributed by atoms with Crippen LogP contribution in [-0.2, 0) is 31.2 Å². The van der Waals surface area contributed by atoms with E-state index in [1.54, 1.807) is 11.6 Å². The molecule has 0 aliphatic heterocycles. The molecular weight excluding hydrogens is 314 g/mol. The van der Waals surface area contributed by atoms with Gasteiger partial charge in [-0.3, -0.25) is 13.9 Å². The number of nitrogens with one attached hydrogen (secondary N) is 1. The van der Waals surface area contributed by atoms with Gasteiger partial charge in [0.2, 0.25) is 5.91 Å². The van der Waals surface area contributed by atoms with Crippen molar-refractivity contribution in [3.63, 3.8) is 0 Å². The van der Waals surface area contributed by atoms with E-state index < -0.39 is 0 Å². The standard InChI is InChI=1S/C20H23N3O2/c1-4-14-9-8-10-15(5-2)19(14)21-18(24)13-23-17-12-7-6-11-16(17)22(3)20(23)25/h6-12H,4-5,13H2,1-3H3,(H,21,24). The van der Waals surface area contributed by atoms with E-state index in [4.69, 9.17) is 0 Å². The summed E-state index contributed by atoms with van der Waals surface area (Å²) >= 11 is 0. The first-order valence-corrected chi connectivity index (χ1v) is 8.61. The molecule has 0 spiro atoms. The van der Waals surface area contributed by atoms with Crippen LogP contribution in [-0.4, -0.2) is 15.0 Å². The predicted molar refractivity (Wildman–Crippen MR) is 101 cm³/mol. The highest BCUT2D eigenvalue weighted by molar-refractivity contribution is 5.93. The Kier molecular flexibility index (Phi) is 4.74. The number of aromatic nitrogens is 2. The molecule has 0 unspecified atom stereocenters. The van der Waals surface area contributed by atoms with Gasteiger partial charge in [0.05, 0.1) is 11.0 Å². The first-order valence-electron chi connectivity index (χ1n) is 8.61. The third kappa shape index (κ3) is 3.09. The topological polar surface area (TPSA) is 56.0 Å². The van der Waals surface area contributed by atoms with Crippen molar-refractivity contribution in [3.8, 4) is 0 Å². The second-order valence-electron chi connectivity index (χ2n) is 6.12. The van der Waals surface area contributed by atoms with Gasteiger partial charge in [0.1, 0.15) is 6.54 Å². The summed E-state index contributed by atoms with van der Waals surface area (Å²) in [5.74, 6) is -0.186. The monoisotopic (exact) mass is 337 g/mol. The Morgan fingerprint density at radius 1 is 0.960 bits per heavy atom. The van der Waals surface area contributed by atoms with Crippen LogP contribution in [0.25, 0.3) is 11.0 Å². The number of benzene rings is 2. The number of aryl methyl sites for hydroxylation is 3. The van der Waals surface area contributed by atoms with E-state index in [1.165, 1.54) is 4.57 Å². The quantitative estimate of drug-likeness (QED) is 0.778. The normalized spacial score (nSPS) is 11.0. The fourth-order valence-electron chi connectivity index (χ4n) is 3.24. The lowest BCUT2D eigenvalue weighted by molar-refractivity contribution is -0.116. The van der Waals surface area contributed by atoms with Crippen LogP contribution in [0.5, 0.6) is 0 Å². The van der Waals surface area contributed by atoms with Crippen LogP contribution in [0.4, 0.5) is 5.69 Å². The Morgan fingerprint density at radius 2 is 1.56 bits per heavy atom. The van der Waals surface area contributed by atoms with Crippen LogP contribution in [0.2, 0.25) is 0 Å². The maximum absolute atomic E-state index is 12.6. The fraction of sp³-hybridized carbons (Fsp3) is 0.300. The molecular formula is C20H23N3O2. The van der Waals surface area contributed by atoms with Gasteiger partial charge in [-0.2, -0.15) is 0 Å². The SMILES string of the molecule is CCc1cccc(CC)c1NC(=O)Cn1c(=O)n(C)c2ccccc21. The van der Waals surface area contributed by atoms with Gasteiger partial charge in [-0.1, -0.05) is 44.2 Å². The lowest BCUT2D eigenvalue weighted by Crippen LogP contribution is -2.28. The molecule has 0 saturated heterocycles. The Morgan fingerprint density at radius 3 is 2.16 bits per heavy atom. The van der Waals surface area contributed by atoms with Gasteiger partial charge >= 0.3 is 5.69 Å². The lowest BCUT2D eigenvalue weighted by atomic mass is 10.0. The van der Waals surface area contributed by atoms with E-state index >= 15 is 0 Å². The minimum Gasteiger partial charge on any atom is -0.324 e. The molecule has 0 radical (unpaired) electrons. The molecule has 0 bridgehead atoms. The maximum Gasteiger partial charge on any atom is 0.329 e. The molecule has 25 heavy (non-hydrogen) atoms. The molecule has 2 aromatic carbocycles. The van der Waals surface area contributed by atoms with Gasteiger partial charge in [-0.25, -0.2) is 4.79 Å². The zero-order valence-electron chi connectivity index (χ0n) is 14.9. The summed E-state index contributed by atoms with van der Waals surface area (Å²) < 4.78 is 3.09. The van der Waals surface area contributed by atoms with Crippen LogP contribution in [0.15, 0.2) is 47.3 Å². The molecule has 1 heterocycles. The molecule has 0 fully saturated rings.